The minimum Gasteiger partial charge on any atom is -0.401 e. The number of nitrogens with two attached hydrogens (primary N) is 1. The van der Waals surface area contributed by atoms with Gasteiger partial charge in [0.05, 0.1) is 11.7 Å². The maximum atomic E-state index is 12.0. The average molecular weight is 419 g/mol. The molecule has 1 unspecified atom stereocenters. The lowest BCUT2D eigenvalue weighted by Gasteiger charge is -2.22. The molecule has 0 bridgehead atoms. The van der Waals surface area contributed by atoms with Crippen LogP contribution < -0.4 is 27.0 Å². The Morgan fingerprint density at radius 1 is 1.19 bits per heavy atom. The second-order valence-electron chi connectivity index (χ2n) is 7.47. The largest absolute Gasteiger partial charge is 0.401 e. The van der Waals surface area contributed by atoms with Gasteiger partial charge in [0.25, 0.3) is 5.91 Å². The van der Waals surface area contributed by atoms with Crippen molar-refractivity contribution in [1.82, 2.24) is 16.0 Å². The lowest BCUT2D eigenvalue weighted by molar-refractivity contribution is 0.0963. The highest BCUT2D eigenvalue weighted by Gasteiger charge is 2.23. The van der Waals surface area contributed by atoms with E-state index in [-0.39, 0.29) is 11.9 Å². The van der Waals surface area contributed by atoms with Gasteiger partial charge in [-0.15, -0.1) is 0 Å². The molecule has 0 radical (unpaired) electrons. The second kappa shape index (κ2) is 9.84. The van der Waals surface area contributed by atoms with E-state index in [9.17, 15) is 4.79 Å². The molecular weight excluding hydrogens is 388 g/mol. The first-order valence-electron chi connectivity index (χ1n) is 10.3. The molecular formula is C24H30N6O. The van der Waals surface area contributed by atoms with Crippen LogP contribution in [0, 0.1) is 5.41 Å². The number of carbonyl (C=O) groups is 1. The van der Waals surface area contributed by atoms with Gasteiger partial charge >= 0.3 is 0 Å². The zero-order chi connectivity index (χ0) is 22.4. The van der Waals surface area contributed by atoms with Crippen molar-refractivity contribution in [3.63, 3.8) is 0 Å². The Morgan fingerprint density at radius 3 is 2.68 bits per heavy atom. The molecule has 0 aliphatic carbocycles. The number of fused-ring (bicyclic) bond motifs is 1. The highest BCUT2D eigenvalue weighted by atomic mass is 16.1. The average Bonchev–Trinajstić information content (AvgIpc) is 2.96. The Kier molecular flexibility index (Phi) is 6.97. The minimum atomic E-state index is -0.120. The molecule has 0 spiro atoms. The van der Waals surface area contributed by atoms with Crippen LogP contribution >= 0.6 is 0 Å². The Bertz CT molecular complexity index is 1040. The van der Waals surface area contributed by atoms with E-state index in [4.69, 9.17) is 11.1 Å². The summed E-state index contributed by atoms with van der Waals surface area (Å²) in [5.41, 5.74) is 13.2. The number of amides is 1. The first kappa shape index (κ1) is 22.0. The number of rotatable bonds is 6. The summed E-state index contributed by atoms with van der Waals surface area (Å²) in [6.45, 7) is 2.65. The number of carbonyl (C=O) groups excluding carboxylic acids is 1. The van der Waals surface area contributed by atoms with Crippen molar-refractivity contribution in [3.05, 3.63) is 76.6 Å². The molecule has 2 aromatic carbocycles. The van der Waals surface area contributed by atoms with Crippen molar-refractivity contribution >= 4 is 29.1 Å². The van der Waals surface area contributed by atoms with Crippen LogP contribution in [0.1, 0.15) is 46.4 Å². The Morgan fingerprint density at radius 2 is 2.00 bits per heavy atom. The van der Waals surface area contributed by atoms with Crippen molar-refractivity contribution in [2.45, 2.75) is 19.4 Å². The van der Waals surface area contributed by atoms with Crippen LogP contribution in [0.25, 0.3) is 11.3 Å². The van der Waals surface area contributed by atoms with Crippen LogP contribution in [-0.2, 0) is 0 Å². The van der Waals surface area contributed by atoms with Gasteiger partial charge in [0.1, 0.15) is 0 Å². The lowest BCUT2D eigenvalue weighted by atomic mass is 9.92. The summed E-state index contributed by atoms with van der Waals surface area (Å²) >= 11 is 0. The van der Waals surface area contributed by atoms with Crippen LogP contribution in [0.15, 0.2) is 54.4 Å². The molecule has 1 aliphatic heterocycles. The number of allylic oxidation sites excluding steroid dienone is 2. The molecule has 2 aromatic rings. The lowest BCUT2D eigenvalue weighted by Crippen LogP contribution is -2.18. The monoisotopic (exact) mass is 418 g/mol. The van der Waals surface area contributed by atoms with E-state index < -0.39 is 0 Å². The fourth-order valence-corrected chi connectivity index (χ4v) is 3.81. The first-order chi connectivity index (χ1) is 15.0. The van der Waals surface area contributed by atoms with Crippen LogP contribution in [-0.4, -0.2) is 32.8 Å². The number of benzene rings is 2. The van der Waals surface area contributed by atoms with Gasteiger partial charge in [-0.2, -0.15) is 0 Å². The van der Waals surface area contributed by atoms with E-state index >= 15 is 0 Å². The fraction of sp³-hybridized carbons (Fsp3) is 0.250. The van der Waals surface area contributed by atoms with Crippen LogP contribution in [0.2, 0.25) is 0 Å². The minimum absolute atomic E-state index is 0.000747. The van der Waals surface area contributed by atoms with Crippen molar-refractivity contribution < 1.29 is 4.79 Å². The summed E-state index contributed by atoms with van der Waals surface area (Å²) in [6, 6.07) is 13.7. The van der Waals surface area contributed by atoms with E-state index in [1.165, 1.54) is 6.21 Å². The van der Waals surface area contributed by atoms with E-state index in [1.54, 1.807) is 13.1 Å². The van der Waals surface area contributed by atoms with E-state index in [0.29, 0.717) is 5.56 Å². The maximum Gasteiger partial charge on any atom is 0.251 e. The smallest absolute Gasteiger partial charge is 0.251 e. The fourth-order valence-electron chi connectivity index (χ4n) is 3.81. The van der Waals surface area contributed by atoms with Gasteiger partial charge in [0, 0.05) is 61.1 Å². The molecule has 7 heteroatoms. The molecule has 3 rings (SSSR count). The first-order valence-corrected chi connectivity index (χ1v) is 10.3. The molecule has 1 amide bonds. The van der Waals surface area contributed by atoms with Gasteiger partial charge in [0.15, 0.2) is 0 Å². The summed E-state index contributed by atoms with van der Waals surface area (Å²) in [5.74, 6) is -0.120. The van der Waals surface area contributed by atoms with Gasteiger partial charge in [0.2, 0.25) is 0 Å². The molecule has 1 atom stereocenters. The van der Waals surface area contributed by atoms with Gasteiger partial charge in [-0.3, -0.25) is 4.79 Å². The summed E-state index contributed by atoms with van der Waals surface area (Å²) in [7, 11) is 3.44. The molecule has 0 fully saturated rings. The molecule has 1 heterocycles. The second-order valence-corrected chi connectivity index (χ2v) is 7.47. The van der Waals surface area contributed by atoms with Gasteiger partial charge in [-0.05, 0) is 48.7 Å². The summed E-state index contributed by atoms with van der Waals surface area (Å²) in [5, 5.41) is 20.5. The topological polar surface area (TPSA) is 115 Å². The third-order valence-electron chi connectivity index (χ3n) is 5.31. The Hall–Kier alpha value is -3.74. The predicted molar refractivity (Wildman–Crippen MR) is 128 cm³/mol. The van der Waals surface area contributed by atoms with Gasteiger partial charge in [-0.1, -0.05) is 18.2 Å². The molecule has 162 valence electrons. The van der Waals surface area contributed by atoms with Crippen molar-refractivity contribution in [3.8, 4) is 0 Å². The van der Waals surface area contributed by atoms with Gasteiger partial charge < -0.3 is 32.4 Å². The highest BCUT2D eigenvalue weighted by molar-refractivity contribution is 6.08. The zero-order valence-corrected chi connectivity index (χ0v) is 18.2. The number of nitrogens with one attached hydrogen (secondary N) is 5. The summed E-state index contributed by atoms with van der Waals surface area (Å²) in [4.78, 5) is 12.0. The van der Waals surface area contributed by atoms with Crippen LogP contribution in [0.3, 0.4) is 0 Å². The summed E-state index contributed by atoms with van der Waals surface area (Å²) < 4.78 is 0. The standard InChI is InChI=1S/C24H30N6O/c1-15(26)23-20-8-7-16(18(13-25)14-27-2)12-21(20)22(9-10-29-23)30-19-6-4-5-17(11-19)24(31)28-3/h4-8,11-14,22,25,27,29-30H,9-10,26H2,1-3H3,(H,28,31)/b18-14+,23-15-,25-13?. The Labute approximate surface area is 183 Å². The van der Waals surface area contributed by atoms with Crippen molar-refractivity contribution in [2.75, 3.05) is 26.0 Å². The number of hydrogen-bond acceptors (Lipinski definition) is 6. The van der Waals surface area contributed by atoms with Crippen molar-refractivity contribution in [2.24, 2.45) is 5.73 Å². The highest BCUT2D eigenvalue weighted by Crippen LogP contribution is 2.34. The summed E-state index contributed by atoms with van der Waals surface area (Å²) in [6.07, 6.45) is 3.98. The Balaban J connectivity index is 2.07. The molecule has 7 nitrogen and oxygen atoms in total. The number of hydrogen-bond donors (Lipinski definition) is 6. The van der Waals surface area contributed by atoms with E-state index in [2.05, 4.69) is 33.4 Å². The van der Waals surface area contributed by atoms with E-state index in [0.717, 1.165) is 52.3 Å². The molecule has 31 heavy (non-hydrogen) atoms. The zero-order valence-electron chi connectivity index (χ0n) is 18.2. The van der Waals surface area contributed by atoms with Crippen LogP contribution in [0.5, 0.6) is 0 Å². The number of anilines is 1. The third kappa shape index (κ3) is 4.88. The molecule has 1 aliphatic rings. The van der Waals surface area contributed by atoms with E-state index in [1.807, 2.05) is 44.4 Å². The molecule has 7 N–H and O–H groups in total. The van der Waals surface area contributed by atoms with Crippen molar-refractivity contribution in [1.29, 1.82) is 5.41 Å². The predicted octanol–water partition coefficient (Wildman–Crippen LogP) is 3.05. The molecule has 0 saturated carbocycles. The quantitative estimate of drug-likeness (QED) is 0.404. The SMILES string of the molecule is CN/C=C(\C=N)c1ccc2c(c1)C(Nc1cccc(C(=O)NC)c1)CCN/C2=C(/C)N. The molecule has 0 aromatic heterocycles. The maximum absolute atomic E-state index is 12.0. The van der Waals surface area contributed by atoms with Crippen LogP contribution in [0.4, 0.5) is 5.69 Å². The molecule has 0 saturated heterocycles. The normalized spacial score (nSPS) is 17.5. The third-order valence-corrected chi connectivity index (χ3v) is 5.31. The van der Waals surface area contributed by atoms with Gasteiger partial charge in [-0.25, -0.2) is 0 Å².